The number of nitrogens with zero attached hydrogens (tertiary/aromatic N) is 1. The Bertz CT molecular complexity index is 782. The summed E-state index contributed by atoms with van der Waals surface area (Å²) in [6, 6.07) is 9.36. The average molecular weight is 280 g/mol. The van der Waals surface area contributed by atoms with Crippen LogP contribution in [0.25, 0.3) is 10.9 Å². The number of rotatable bonds is 4. The van der Waals surface area contributed by atoms with Crippen molar-refractivity contribution in [3.05, 3.63) is 35.5 Å². The number of nitriles is 1. The van der Waals surface area contributed by atoms with Crippen LogP contribution >= 0.6 is 0 Å². The van der Waals surface area contributed by atoms with Gasteiger partial charge in [0.2, 0.25) is 0 Å². The zero-order valence-corrected chi connectivity index (χ0v) is 12.0. The van der Waals surface area contributed by atoms with E-state index in [0.717, 1.165) is 17.3 Å². The van der Waals surface area contributed by atoms with Gasteiger partial charge in [-0.1, -0.05) is 25.1 Å². The van der Waals surface area contributed by atoms with Crippen molar-refractivity contribution in [3.8, 4) is 6.07 Å². The third kappa shape index (κ3) is 2.15. The lowest BCUT2D eigenvalue weighted by Crippen LogP contribution is -2.25. The molecule has 1 saturated carbocycles. The van der Waals surface area contributed by atoms with Crippen LogP contribution < -0.4 is 0 Å². The third-order valence-electron chi connectivity index (χ3n) is 4.29. The normalized spacial score (nSPS) is 21.8. The molecule has 0 radical (unpaired) electrons. The highest BCUT2D eigenvalue weighted by Gasteiger charge is 2.45. The molecule has 1 aromatic carbocycles. The standard InChI is InChI=1S/C17H16N2O2/c1-9-7-12(9)16(20)13(8-18)17(21)15-10(2)19-14-6-4-3-5-11(14)15/h3-6,9,12-13,19H,7H2,1-2H3/t9-,12-,13-/m1/s1. The van der Waals surface area contributed by atoms with Crippen LogP contribution in [0.2, 0.25) is 0 Å². The fraction of sp³-hybridized carbons (Fsp3) is 0.353. The molecule has 1 aromatic heterocycles. The third-order valence-corrected chi connectivity index (χ3v) is 4.29. The van der Waals surface area contributed by atoms with Crippen LogP contribution in [0.15, 0.2) is 24.3 Å². The zero-order chi connectivity index (χ0) is 15.1. The zero-order valence-electron chi connectivity index (χ0n) is 12.0. The fourth-order valence-electron chi connectivity index (χ4n) is 2.92. The number of aromatic amines is 1. The second-order valence-electron chi connectivity index (χ2n) is 5.82. The smallest absolute Gasteiger partial charge is 0.189 e. The van der Waals surface area contributed by atoms with Crippen LogP contribution in [0.3, 0.4) is 0 Å². The maximum Gasteiger partial charge on any atom is 0.189 e. The summed E-state index contributed by atoms with van der Waals surface area (Å²) in [4.78, 5) is 28.1. The Morgan fingerprint density at radius 1 is 1.38 bits per heavy atom. The lowest BCUT2D eigenvalue weighted by Gasteiger charge is -2.07. The van der Waals surface area contributed by atoms with Crippen LogP contribution in [-0.2, 0) is 4.79 Å². The van der Waals surface area contributed by atoms with Gasteiger partial charge in [0.15, 0.2) is 17.5 Å². The van der Waals surface area contributed by atoms with Crippen LogP contribution in [0, 0.1) is 36.0 Å². The average Bonchev–Trinajstić information content (AvgIpc) is 3.09. The Morgan fingerprint density at radius 3 is 2.67 bits per heavy atom. The number of hydrogen-bond acceptors (Lipinski definition) is 3. The number of para-hydroxylation sites is 1. The topological polar surface area (TPSA) is 73.7 Å². The molecule has 0 saturated heterocycles. The second kappa shape index (κ2) is 4.85. The van der Waals surface area contributed by atoms with Gasteiger partial charge >= 0.3 is 0 Å². The summed E-state index contributed by atoms with van der Waals surface area (Å²) in [7, 11) is 0. The summed E-state index contributed by atoms with van der Waals surface area (Å²) in [5.74, 6) is -1.61. The largest absolute Gasteiger partial charge is 0.358 e. The highest BCUT2D eigenvalue weighted by Crippen LogP contribution is 2.41. The molecule has 1 fully saturated rings. The lowest BCUT2D eigenvalue weighted by molar-refractivity contribution is -0.121. The predicted molar refractivity (Wildman–Crippen MR) is 78.7 cm³/mol. The molecule has 1 heterocycles. The van der Waals surface area contributed by atoms with E-state index in [1.807, 2.05) is 37.3 Å². The molecule has 4 nitrogen and oxygen atoms in total. The fourth-order valence-corrected chi connectivity index (χ4v) is 2.92. The molecule has 106 valence electrons. The minimum atomic E-state index is -1.18. The first-order valence-electron chi connectivity index (χ1n) is 7.09. The number of benzene rings is 1. The van der Waals surface area contributed by atoms with E-state index in [4.69, 9.17) is 0 Å². The molecule has 1 N–H and O–H groups in total. The van der Waals surface area contributed by atoms with Crippen LogP contribution in [0.5, 0.6) is 0 Å². The predicted octanol–water partition coefficient (Wildman–Crippen LogP) is 3.02. The molecule has 1 aliphatic rings. The quantitative estimate of drug-likeness (QED) is 0.691. The first kappa shape index (κ1) is 13.6. The van der Waals surface area contributed by atoms with Crippen molar-refractivity contribution in [1.29, 1.82) is 5.26 Å². The van der Waals surface area contributed by atoms with Gasteiger partial charge in [0.1, 0.15) is 0 Å². The maximum atomic E-state index is 12.7. The molecule has 0 aliphatic heterocycles. The van der Waals surface area contributed by atoms with Crippen molar-refractivity contribution in [2.24, 2.45) is 17.8 Å². The van der Waals surface area contributed by atoms with Crippen molar-refractivity contribution >= 4 is 22.5 Å². The summed E-state index contributed by atoms with van der Waals surface area (Å²) in [5.41, 5.74) is 2.03. The van der Waals surface area contributed by atoms with Crippen molar-refractivity contribution in [1.82, 2.24) is 4.98 Å². The van der Waals surface area contributed by atoms with Gasteiger partial charge in [-0.2, -0.15) is 5.26 Å². The van der Waals surface area contributed by atoms with E-state index < -0.39 is 5.92 Å². The van der Waals surface area contributed by atoms with Gasteiger partial charge in [-0.3, -0.25) is 9.59 Å². The Morgan fingerprint density at radius 2 is 2.05 bits per heavy atom. The number of aromatic nitrogens is 1. The maximum absolute atomic E-state index is 12.7. The first-order chi connectivity index (χ1) is 10.0. The molecular formula is C17H16N2O2. The molecule has 0 amide bonds. The molecule has 0 spiro atoms. The van der Waals surface area contributed by atoms with E-state index in [2.05, 4.69) is 4.98 Å². The Kier molecular flexibility index (Phi) is 3.13. The van der Waals surface area contributed by atoms with E-state index in [1.165, 1.54) is 0 Å². The Balaban J connectivity index is 2.01. The van der Waals surface area contributed by atoms with E-state index in [-0.39, 0.29) is 17.5 Å². The van der Waals surface area contributed by atoms with E-state index >= 15 is 0 Å². The van der Waals surface area contributed by atoms with Crippen LogP contribution in [-0.4, -0.2) is 16.6 Å². The summed E-state index contributed by atoms with van der Waals surface area (Å²) in [6.45, 7) is 3.77. The number of carbonyl (C=O) groups excluding carboxylic acids is 2. The minimum absolute atomic E-state index is 0.121. The van der Waals surface area contributed by atoms with Crippen molar-refractivity contribution in [2.75, 3.05) is 0 Å². The van der Waals surface area contributed by atoms with Gasteiger partial charge in [0, 0.05) is 28.1 Å². The lowest BCUT2D eigenvalue weighted by atomic mass is 9.90. The molecule has 3 atom stereocenters. The summed E-state index contributed by atoms with van der Waals surface area (Å²) in [6.07, 6.45) is 0.789. The number of nitrogens with one attached hydrogen (secondary N) is 1. The number of ketones is 2. The second-order valence-corrected chi connectivity index (χ2v) is 5.82. The van der Waals surface area contributed by atoms with Gasteiger partial charge in [-0.25, -0.2) is 0 Å². The number of H-pyrrole nitrogens is 1. The Labute approximate surface area is 122 Å². The number of fused-ring (bicyclic) bond motifs is 1. The first-order valence-corrected chi connectivity index (χ1v) is 7.09. The van der Waals surface area contributed by atoms with Crippen LogP contribution in [0.4, 0.5) is 0 Å². The molecule has 0 unspecified atom stereocenters. The van der Waals surface area contributed by atoms with Crippen LogP contribution in [0.1, 0.15) is 29.4 Å². The van der Waals surface area contributed by atoms with Crippen molar-refractivity contribution < 1.29 is 9.59 Å². The summed E-state index contributed by atoms with van der Waals surface area (Å²) >= 11 is 0. The molecular weight excluding hydrogens is 264 g/mol. The number of Topliss-reactive ketones (excluding diaryl/α,β-unsaturated/α-hetero) is 2. The minimum Gasteiger partial charge on any atom is -0.358 e. The van der Waals surface area contributed by atoms with E-state index in [1.54, 1.807) is 6.92 Å². The summed E-state index contributed by atoms with van der Waals surface area (Å²) in [5, 5.41) is 10.1. The van der Waals surface area contributed by atoms with Gasteiger partial charge in [-0.05, 0) is 25.3 Å². The van der Waals surface area contributed by atoms with Gasteiger partial charge in [-0.15, -0.1) is 0 Å². The number of aryl methyl sites for hydroxylation is 1. The molecule has 0 bridgehead atoms. The molecule has 1 aliphatic carbocycles. The SMILES string of the molecule is Cc1[nH]c2ccccc2c1C(=O)[C@H](C#N)C(=O)[C@@H]1C[C@H]1C. The molecule has 3 rings (SSSR count). The highest BCUT2D eigenvalue weighted by molar-refractivity contribution is 6.19. The molecule has 4 heteroatoms. The van der Waals surface area contributed by atoms with E-state index in [0.29, 0.717) is 17.2 Å². The summed E-state index contributed by atoms with van der Waals surface area (Å²) < 4.78 is 0. The van der Waals surface area contributed by atoms with Gasteiger partial charge in [0.05, 0.1) is 6.07 Å². The number of carbonyl (C=O) groups is 2. The Hall–Kier alpha value is -2.41. The molecule has 21 heavy (non-hydrogen) atoms. The van der Waals surface area contributed by atoms with E-state index in [9.17, 15) is 14.9 Å². The van der Waals surface area contributed by atoms with Gasteiger partial charge < -0.3 is 4.98 Å². The van der Waals surface area contributed by atoms with Gasteiger partial charge in [0.25, 0.3) is 0 Å². The molecule has 2 aromatic rings. The number of hydrogen-bond donors (Lipinski definition) is 1. The highest BCUT2D eigenvalue weighted by atomic mass is 16.2. The van der Waals surface area contributed by atoms with Crippen molar-refractivity contribution in [2.45, 2.75) is 20.3 Å². The van der Waals surface area contributed by atoms with Crippen molar-refractivity contribution in [3.63, 3.8) is 0 Å². The monoisotopic (exact) mass is 280 g/mol.